The molecule has 2 rings (SSSR count). The normalized spacial score (nSPS) is 15.4. The van der Waals surface area contributed by atoms with Gasteiger partial charge in [-0.2, -0.15) is 13.2 Å². The summed E-state index contributed by atoms with van der Waals surface area (Å²) in [5.74, 6) is -4.85. The molecule has 1 aliphatic rings. The molecule has 0 bridgehead atoms. The van der Waals surface area contributed by atoms with Crippen molar-refractivity contribution in [2.45, 2.75) is 38.9 Å². The number of aryl methyl sites for hydroxylation is 1. The van der Waals surface area contributed by atoms with Gasteiger partial charge in [0.1, 0.15) is 0 Å². The van der Waals surface area contributed by atoms with E-state index < -0.39 is 36.0 Å². The number of esters is 2. The number of alkyl halides is 3. The van der Waals surface area contributed by atoms with Gasteiger partial charge in [-0.25, -0.2) is 9.59 Å². The summed E-state index contributed by atoms with van der Waals surface area (Å²) in [6.07, 6.45) is -5.75. The summed E-state index contributed by atoms with van der Waals surface area (Å²) in [4.78, 5) is 37.5. The Hall–Kier alpha value is -2.58. The van der Waals surface area contributed by atoms with Crippen LogP contribution in [0, 0.1) is 6.92 Å². The Labute approximate surface area is 147 Å². The highest BCUT2D eigenvalue weighted by Crippen LogP contribution is 2.43. The molecule has 1 aliphatic heterocycles. The standard InChI is InChI=1S/C17H18F3NO5/c1-4-25-14(23)16(15(24)26-5-2)9-11-8-10(3)6-7-12(11)21(16)13(22)17(18,19)20/h6-8H,4-5,9H2,1-3H3. The lowest BCUT2D eigenvalue weighted by molar-refractivity contribution is -0.177. The van der Waals surface area contributed by atoms with E-state index in [2.05, 4.69) is 0 Å². The van der Waals surface area contributed by atoms with E-state index in [1.165, 1.54) is 32.0 Å². The van der Waals surface area contributed by atoms with Crippen LogP contribution in [-0.4, -0.2) is 42.8 Å². The smallest absolute Gasteiger partial charge is 0.464 e. The number of hydrogen-bond donors (Lipinski definition) is 0. The van der Waals surface area contributed by atoms with Crippen molar-refractivity contribution in [2.24, 2.45) is 0 Å². The highest BCUT2D eigenvalue weighted by atomic mass is 19.4. The summed E-state index contributed by atoms with van der Waals surface area (Å²) >= 11 is 0. The van der Waals surface area contributed by atoms with Crippen LogP contribution in [0.2, 0.25) is 0 Å². The van der Waals surface area contributed by atoms with Crippen molar-refractivity contribution < 1.29 is 37.0 Å². The fourth-order valence-electron chi connectivity index (χ4n) is 2.96. The maximum Gasteiger partial charge on any atom is 0.471 e. The number of carbonyl (C=O) groups is 3. The largest absolute Gasteiger partial charge is 0.471 e. The fraction of sp³-hybridized carbons (Fsp3) is 0.471. The molecule has 1 aromatic rings. The van der Waals surface area contributed by atoms with Gasteiger partial charge in [-0.3, -0.25) is 9.69 Å². The Balaban J connectivity index is 2.73. The predicted molar refractivity (Wildman–Crippen MR) is 84.4 cm³/mol. The van der Waals surface area contributed by atoms with Gasteiger partial charge in [-0.05, 0) is 32.4 Å². The van der Waals surface area contributed by atoms with Crippen molar-refractivity contribution in [3.05, 3.63) is 29.3 Å². The first kappa shape index (κ1) is 19.7. The first-order valence-corrected chi connectivity index (χ1v) is 7.95. The van der Waals surface area contributed by atoms with E-state index in [-0.39, 0.29) is 29.4 Å². The Morgan fingerprint density at radius 2 is 1.65 bits per heavy atom. The lowest BCUT2D eigenvalue weighted by Crippen LogP contribution is -2.64. The van der Waals surface area contributed by atoms with Crippen LogP contribution in [0.1, 0.15) is 25.0 Å². The highest BCUT2D eigenvalue weighted by Gasteiger charge is 2.64. The fourth-order valence-corrected chi connectivity index (χ4v) is 2.96. The number of rotatable bonds is 4. The molecule has 0 saturated heterocycles. The molecular weight excluding hydrogens is 355 g/mol. The van der Waals surface area contributed by atoms with Crippen LogP contribution < -0.4 is 4.90 Å². The van der Waals surface area contributed by atoms with Crippen molar-refractivity contribution in [3.8, 4) is 0 Å². The number of nitrogens with zero attached hydrogens (tertiary/aromatic N) is 1. The minimum absolute atomic E-state index is 0.164. The topological polar surface area (TPSA) is 72.9 Å². The monoisotopic (exact) mass is 373 g/mol. The summed E-state index contributed by atoms with van der Waals surface area (Å²) in [6, 6.07) is 4.28. The number of carbonyl (C=O) groups excluding carboxylic acids is 3. The molecule has 142 valence electrons. The molecule has 0 unspecified atom stereocenters. The van der Waals surface area contributed by atoms with Crippen LogP contribution in [-0.2, 0) is 30.3 Å². The van der Waals surface area contributed by atoms with Crippen LogP contribution in [0.4, 0.5) is 18.9 Å². The molecule has 0 saturated carbocycles. The third-order valence-corrected chi connectivity index (χ3v) is 3.98. The van der Waals surface area contributed by atoms with Gasteiger partial charge < -0.3 is 9.47 Å². The van der Waals surface area contributed by atoms with Crippen molar-refractivity contribution >= 4 is 23.5 Å². The third kappa shape index (κ3) is 3.13. The van der Waals surface area contributed by atoms with Crippen LogP contribution in [0.3, 0.4) is 0 Å². The molecule has 26 heavy (non-hydrogen) atoms. The SMILES string of the molecule is CCOC(=O)C1(C(=O)OCC)Cc2cc(C)ccc2N1C(=O)C(F)(F)F. The molecule has 0 atom stereocenters. The highest BCUT2D eigenvalue weighted by molar-refractivity contribution is 6.18. The molecular formula is C17H18F3NO5. The van der Waals surface area contributed by atoms with Gasteiger partial charge in [-0.1, -0.05) is 17.7 Å². The zero-order valence-corrected chi connectivity index (χ0v) is 14.5. The van der Waals surface area contributed by atoms with Gasteiger partial charge in [0.2, 0.25) is 5.54 Å². The third-order valence-electron chi connectivity index (χ3n) is 3.98. The van der Waals surface area contributed by atoms with Gasteiger partial charge in [-0.15, -0.1) is 0 Å². The second kappa shape index (κ2) is 6.97. The minimum Gasteiger partial charge on any atom is -0.464 e. The van der Waals surface area contributed by atoms with Gasteiger partial charge in [0.25, 0.3) is 0 Å². The molecule has 1 amide bonds. The molecule has 9 heteroatoms. The van der Waals surface area contributed by atoms with Gasteiger partial charge in [0, 0.05) is 12.1 Å². The molecule has 6 nitrogen and oxygen atoms in total. The minimum atomic E-state index is -5.29. The molecule has 1 aromatic carbocycles. The number of hydrogen-bond acceptors (Lipinski definition) is 5. The van der Waals surface area contributed by atoms with E-state index in [1.54, 1.807) is 6.92 Å². The van der Waals surface area contributed by atoms with E-state index in [4.69, 9.17) is 9.47 Å². The molecule has 1 heterocycles. The summed E-state index contributed by atoms with van der Waals surface area (Å²) in [5, 5.41) is 0. The number of anilines is 1. The van der Waals surface area contributed by atoms with Crippen LogP contribution in [0.5, 0.6) is 0 Å². The quantitative estimate of drug-likeness (QED) is 0.598. The number of halogens is 3. The number of ether oxygens (including phenoxy) is 2. The summed E-state index contributed by atoms with van der Waals surface area (Å²) in [6.45, 7) is 4.23. The van der Waals surface area contributed by atoms with E-state index in [1.807, 2.05) is 0 Å². The van der Waals surface area contributed by atoms with Crippen LogP contribution in [0.15, 0.2) is 18.2 Å². The number of benzene rings is 1. The lowest BCUT2D eigenvalue weighted by Gasteiger charge is -2.34. The Bertz CT molecular complexity index is 726. The summed E-state index contributed by atoms with van der Waals surface area (Å²) in [5.41, 5.74) is -1.76. The molecule has 0 aromatic heterocycles. The van der Waals surface area contributed by atoms with Gasteiger partial charge >= 0.3 is 24.0 Å². The first-order chi connectivity index (χ1) is 12.1. The maximum atomic E-state index is 13.2. The van der Waals surface area contributed by atoms with Gasteiger partial charge in [0.05, 0.1) is 13.2 Å². The lowest BCUT2D eigenvalue weighted by atomic mass is 9.93. The average molecular weight is 373 g/mol. The zero-order chi connectivity index (χ0) is 19.7. The van der Waals surface area contributed by atoms with E-state index >= 15 is 0 Å². The first-order valence-electron chi connectivity index (χ1n) is 7.95. The summed E-state index contributed by atoms with van der Waals surface area (Å²) < 4.78 is 49.4. The zero-order valence-electron chi connectivity index (χ0n) is 14.5. The van der Waals surface area contributed by atoms with Crippen LogP contribution >= 0.6 is 0 Å². The molecule has 0 fully saturated rings. The Kier molecular flexibility index (Phi) is 5.29. The van der Waals surface area contributed by atoms with Crippen molar-refractivity contribution in [2.75, 3.05) is 18.1 Å². The Morgan fingerprint density at radius 1 is 1.12 bits per heavy atom. The second-order valence-corrected chi connectivity index (χ2v) is 5.75. The van der Waals surface area contributed by atoms with E-state index in [0.29, 0.717) is 5.56 Å². The molecule has 0 spiro atoms. The molecule has 0 N–H and O–H groups in total. The Morgan fingerprint density at radius 3 is 2.12 bits per heavy atom. The van der Waals surface area contributed by atoms with E-state index in [0.717, 1.165) is 0 Å². The average Bonchev–Trinajstić information content (AvgIpc) is 2.88. The summed E-state index contributed by atoms with van der Waals surface area (Å²) in [7, 11) is 0. The predicted octanol–water partition coefficient (Wildman–Crippen LogP) is 2.31. The molecule has 0 aliphatic carbocycles. The van der Waals surface area contributed by atoms with Crippen molar-refractivity contribution in [1.29, 1.82) is 0 Å². The maximum absolute atomic E-state index is 13.2. The van der Waals surface area contributed by atoms with Crippen LogP contribution in [0.25, 0.3) is 0 Å². The second-order valence-electron chi connectivity index (χ2n) is 5.75. The number of fused-ring (bicyclic) bond motifs is 1. The number of amides is 1. The van der Waals surface area contributed by atoms with Crippen molar-refractivity contribution in [1.82, 2.24) is 0 Å². The van der Waals surface area contributed by atoms with Gasteiger partial charge in [0.15, 0.2) is 0 Å². The van der Waals surface area contributed by atoms with Crippen molar-refractivity contribution in [3.63, 3.8) is 0 Å². The molecule has 0 radical (unpaired) electrons. The van der Waals surface area contributed by atoms with E-state index in [9.17, 15) is 27.6 Å².